The van der Waals surface area contributed by atoms with Crippen LogP contribution in [0.25, 0.3) is 0 Å². The Balaban J connectivity index is 2.32. The number of terminal acetylenes is 1. The van der Waals surface area contributed by atoms with Gasteiger partial charge in [-0.15, -0.1) is 12.3 Å². The molecule has 1 aromatic rings. The number of aromatic nitrogens is 1. The largest absolute Gasteiger partial charge is 0.491 e. The molecule has 1 N–H and O–H groups in total. The third-order valence-electron chi connectivity index (χ3n) is 2.17. The first-order valence-electron chi connectivity index (χ1n) is 5.94. The summed E-state index contributed by atoms with van der Waals surface area (Å²) in [5, 5.41) is 3.34. The molecule has 1 aromatic heterocycles. The van der Waals surface area contributed by atoms with Crippen LogP contribution in [0.1, 0.15) is 26.0 Å². The molecule has 0 fully saturated rings. The molecule has 92 valence electrons. The molecule has 0 bridgehead atoms. The van der Waals surface area contributed by atoms with Crippen molar-refractivity contribution in [1.82, 2.24) is 10.3 Å². The number of nitrogens with zero attached hydrogens (tertiary/aromatic N) is 1. The lowest BCUT2D eigenvalue weighted by atomic mass is 10.2. The third-order valence-corrected chi connectivity index (χ3v) is 2.17. The van der Waals surface area contributed by atoms with E-state index in [4.69, 9.17) is 11.2 Å². The van der Waals surface area contributed by atoms with Gasteiger partial charge < -0.3 is 10.1 Å². The molecule has 0 saturated carbocycles. The van der Waals surface area contributed by atoms with E-state index in [0.717, 1.165) is 24.5 Å². The van der Waals surface area contributed by atoms with Crippen molar-refractivity contribution in [3.63, 3.8) is 0 Å². The third kappa shape index (κ3) is 5.94. The van der Waals surface area contributed by atoms with E-state index < -0.39 is 0 Å². The summed E-state index contributed by atoms with van der Waals surface area (Å²) in [7, 11) is 0. The summed E-state index contributed by atoms with van der Waals surface area (Å²) >= 11 is 0. The van der Waals surface area contributed by atoms with E-state index in [-0.39, 0.29) is 0 Å². The topological polar surface area (TPSA) is 34.1 Å². The van der Waals surface area contributed by atoms with Crippen LogP contribution in [0.3, 0.4) is 0 Å². The fourth-order valence-corrected chi connectivity index (χ4v) is 1.32. The van der Waals surface area contributed by atoms with Crippen molar-refractivity contribution in [2.45, 2.75) is 26.8 Å². The zero-order valence-corrected chi connectivity index (χ0v) is 10.6. The van der Waals surface area contributed by atoms with Crippen LogP contribution in [-0.2, 0) is 6.54 Å². The van der Waals surface area contributed by atoms with E-state index >= 15 is 0 Å². The molecule has 0 aliphatic carbocycles. The van der Waals surface area contributed by atoms with E-state index in [1.165, 1.54) is 0 Å². The van der Waals surface area contributed by atoms with Crippen molar-refractivity contribution in [2.24, 2.45) is 5.92 Å². The molecule has 3 nitrogen and oxygen atoms in total. The van der Waals surface area contributed by atoms with Gasteiger partial charge in [0, 0.05) is 13.0 Å². The SMILES string of the molecule is C#CCCOc1ccc(CNCC(C)C)nc1. The molecule has 1 rings (SSSR count). The molecule has 0 aromatic carbocycles. The minimum absolute atomic E-state index is 0.545. The monoisotopic (exact) mass is 232 g/mol. The molecule has 0 saturated heterocycles. The lowest BCUT2D eigenvalue weighted by Crippen LogP contribution is -2.19. The minimum atomic E-state index is 0.545. The predicted molar refractivity (Wildman–Crippen MR) is 69.7 cm³/mol. The second kappa shape index (κ2) is 7.70. The summed E-state index contributed by atoms with van der Waals surface area (Å²) in [5.41, 5.74) is 1.02. The molecule has 0 radical (unpaired) electrons. The van der Waals surface area contributed by atoms with Crippen LogP contribution in [0.15, 0.2) is 18.3 Å². The Morgan fingerprint density at radius 2 is 2.29 bits per heavy atom. The van der Waals surface area contributed by atoms with Crippen LogP contribution in [0.2, 0.25) is 0 Å². The van der Waals surface area contributed by atoms with Gasteiger partial charge in [0.25, 0.3) is 0 Å². The number of rotatable bonds is 7. The maximum absolute atomic E-state index is 5.42. The molecule has 0 spiro atoms. The smallest absolute Gasteiger partial charge is 0.137 e. The summed E-state index contributed by atoms with van der Waals surface area (Å²) < 4.78 is 5.42. The van der Waals surface area contributed by atoms with Crippen LogP contribution in [0, 0.1) is 18.3 Å². The lowest BCUT2D eigenvalue weighted by molar-refractivity contribution is 0.325. The maximum atomic E-state index is 5.42. The number of hydrogen-bond acceptors (Lipinski definition) is 3. The van der Waals surface area contributed by atoms with E-state index in [9.17, 15) is 0 Å². The number of hydrogen-bond donors (Lipinski definition) is 1. The summed E-state index contributed by atoms with van der Waals surface area (Å²) in [6, 6.07) is 3.90. The predicted octanol–water partition coefficient (Wildman–Crippen LogP) is 2.23. The van der Waals surface area contributed by atoms with E-state index in [1.54, 1.807) is 6.20 Å². The molecule has 3 heteroatoms. The van der Waals surface area contributed by atoms with E-state index in [1.807, 2.05) is 12.1 Å². The Morgan fingerprint density at radius 1 is 1.47 bits per heavy atom. The van der Waals surface area contributed by atoms with Crippen molar-refractivity contribution in [3.05, 3.63) is 24.0 Å². The Kier molecular flexibility index (Phi) is 6.13. The summed E-state index contributed by atoms with van der Waals surface area (Å²) in [4.78, 5) is 4.32. The van der Waals surface area contributed by atoms with Gasteiger partial charge in [0.15, 0.2) is 0 Å². The molecule has 0 atom stereocenters. The molecule has 17 heavy (non-hydrogen) atoms. The summed E-state index contributed by atoms with van der Waals surface area (Å²) in [5.74, 6) is 3.96. The van der Waals surface area contributed by atoms with Gasteiger partial charge in [0.1, 0.15) is 5.75 Å². The number of ether oxygens (including phenoxy) is 1. The van der Waals surface area contributed by atoms with Crippen molar-refractivity contribution >= 4 is 0 Å². The van der Waals surface area contributed by atoms with Gasteiger partial charge in [-0.2, -0.15) is 0 Å². The van der Waals surface area contributed by atoms with E-state index in [0.29, 0.717) is 18.9 Å². The first-order chi connectivity index (χ1) is 8.22. The zero-order chi connectivity index (χ0) is 12.5. The fourth-order valence-electron chi connectivity index (χ4n) is 1.32. The highest BCUT2D eigenvalue weighted by molar-refractivity contribution is 5.19. The Hall–Kier alpha value is -1.53. The van der Waals surface area contributed by atoms with Gasteiger partial charge in [0.2, 0.25) is 0 Å². The normalized spacial score (nSPS) is 10.2. The van der Waals surface area contributed by atoms with Crippen LogP contribution < -0.4 is 10.1 Å². The van der Waals surface area contributed by atoms with Crippen LogP contribution in [-0.4, -0.2) is 18.1 Å². The molecular formula is C14H20N2O. The van der Waals surface area contributed by atoms with Crippen LogP contribution in [0.5, 0.6) is 5.75 Å². The van der Waals surface area contributed by atoms with Gasteiger partial charge in [-0.05, 0) is 24.6 Å². The Morgan fingerprint density at radius 3 is 2.88 bits per heavy atom. The number of pyridine rings is 1. The highest BCUT2D eigenvalue weighted by atomic mass is 16.5. The summed E-state index contributed by atoms with van der Waals surface area (Å²) in [6.07, 6.45) is 7.50. The maximum Gasteiger partial charge on any atom is 0.137 e. The van der Waals surface area contributed by atoms with Crippen LogP contribution >= 0.6 is 0 Å². The van der Waals surface area contributed by atoms with Crippen molar-refractivity contribution < 1.29 is 4.74 Å². The molecule has 1 heterocycles. The van der Waals surface area contributed by atoms with E-state index in [2.05, 4.69) is 30.1 Å². The zero-order valence-electron chi connectivity index (χ0n) is 10.6. The van der Waals surface area contributed by atoms with Crippen molar-refractivity contribution in [2.75, 3.05) is 13.2 Å². The van der Waals surface area contributed by atoms with Gasteiger partial charge in [-0.1, -0.05) is 13.8 Å². The van der Waals surface area contributed by atoms with Gasteiger partial charge >= 0.3 is 0 Å². The second-order valence-electron chi connectivity index (χ2n) is 4.31. The minimum Gasteiger partial charge on any atom is -0.491 e. The average Bonchev–Trinajstić information content (AvgIpc) is 2.31. The summed E-state index contributed by atoms with van der Waals surface area (Å²) in [6.45, 7) is 6.71. The molecule has 0 amide bonds. The van der Waals surface area contributed by atoms with Crippen molar-refractivity contribution in [3.8, 4) is 18.1 Å². The molecule has 0 aliphatic rings. The second-order valence-corrected chi connectivity index (χ2v) is 4.31. The molecule has 0 unspecified atom stereocenters. The van der Waals surface area contributed by atoms with Crippen molar-refractivity contribution in [1.29, 1.82) is 0 Å². The number of nitrogens with one attached hydrogen (secondary N) is 1. The molecular weight excluding hydrogens is 212 g/mol. The lowest BCUT2D eigenvalue weighted by Gasteiger charge is -2.08. The van der Waals surface area contributed by atoms with Gasteiger partial charge in [0.05, 0.1) is 18.5 Å². The fraction of sp³-hybridized carbons (Fsp3) is 0.500. The first-order valence-corrected chi connectivity index (χ1v) is 5.94. The highest BCUT2D eigenvalue weighted by Gasteiger charge is 1.98. The average molecular weight is 232 g/mol. The quantitative estimate of drug-likeness (QED) is 0.578. The first kappa shape index (κ1) is 13.5. The van der Waals surface area contributed by atoms with Gasteiger partial charge in [-0.25, -0.2) is 0 Å². The standard InChI is InChI=1S/C14H20N2O/c1-4-5-8-17-14-7-6-13(16-11-14)10-15-9-12(2)3/h1,6-7,11-12,15H,5,8-10H2,2-3H3. The van der Waals surface area contributed by atoms with Gasteiger partial charge in [-0.3, -0.25) is 4.98 Å². The Bertz CT molecular complexity index is 351. The molecule has 0 aliphatic heterocycles. The Labute approximate surface area is 104 Å². The van der Waals surface area contributed by atoms with Crippen LogP contribution in [0.4, 0.5) is 0 Å². The highest BCUT2D eigenvalue weighted by Crippen LogP contribution is 2.09.